The average molecular weight is 578 g/mol. The minimum atomic E-state index is -2.66. The normalized spacial score (nSPS) is 19.9. The van der Waals surface area contributed by atoms with Crippen LogP contribution >= 0.6 is 22.9 Å². The lowest BCUT2D eigenvalue weighted by atomic mass is 9.93. The number of thiophene rings is 1. The number of carbonyl (C=O) groups is 2. The zero-order chi connectivity index (χ0) is 27.9. The molecule has 0 spiro atoms. The second-order valence-electron chi connectivity index (χ2n) is 10.6. The fourth-order valence-corrected chi connectivity index (χ4v) is 6.60. The van der Waals surface area contributed by atoms with Crippen molar-refractivity contribution in [3.05, 3.63) is 45.6 Å². The van der Waals surface area contributed by atoms with Crippen molar-refractivity contribution >= 4 is 45.1 Å². The Morgan fingerprint density at radius 1 is 1.26 bits per heavy atom. The Balaban J connectivity index is 1.48. The van der Waals surface area contributed by atoms with Crippen LogP contribution in [-0.4, -0.2) is 76.0 Å². The first-order chi connectivity index (χ1) is 18.5. The molecule has 12 heteroatoms. The highest BCUT2D eigenvalue weighted by molar-refractivity contribution is 7.19. The largest absolute Gasteiger partial charge is 0.369 e. The van der Waals surface area contributed by atoms with E-state index >= 15 is 0 Å². The van der Waals surface area contributed by atoms with Crippen molar-refractivity contribution in [3.63, 3.8) is 0 Å². The van der Waals surface area contributed by atoms with Gasteiger partial charge in [0.25, 0.3) is 6.43 Å². The number of morpholine rings is 1. The molecule has 2 aliphatic rings. The monoisotopic (exact) mass is 577 g/mol. The number of fused-ring (bicyclic) bond motifs is 1. The number of alkyl halides is 2. The van der Waals surface area contributed by atoms with Crippen LogP contribution in [0.25, 0.3) is 21.5 Å². The van der Waals surface area contributed by atoms with Crippen LogP contribution in [0.2, 0.25) is 5.02 Å². The Kier molecular flexibility index (Phi) is 7.87. The van der Waals surface area contributed by atoms with Crippen molar-refractivity contribution in [1.82, 2.24) is 25.1 Å². The summed E-state index contributed by atoms with van der Waals surface area (Å²) < 4.78 is 33.0. The summed E-state index contributed by atoms with van der Waals surface area (Å²) in [5.74, 6) is -0.383. The molecule has 2 aromatic heterocycles. The SMILES string of the molecule is Cc1cc(Cl)cc(-c2ncnc3cc(CN4C(=O)CCN(CC(F)F)C4=O)sc23)c1CC1CNCC(C)(C)O1. The van der Waals surface area contributed by atoms with Crippen LogP contribution in [0.3, 0.4) is 0 Å². The lowest BCUT2D eigenvalue weighted by Crippen LogP contribution is -2.52. The van der Waals surface area contributed by atoms with Gasteiger partial charge < -0.3 is 15.0 Å². The van der Waals surface area contributed by atoms with E-state index in [1.54, 1.807) is 0 Å². The molecule has 2 saturated heterocycles. The number of aromatic nitrogens is 2. The predicted octanol–water partition coefficient (Wildman–Crippen LogP) is 5.05. The van der Waals surface area contributed by atoms with Crippen LogP contribution in [0.1, 0.15) is 36.3 Å². The third-order valence-electron chi connectivity index (χ3n) is 6.97. The lowest BCUT2D eigenvalue weighted by Gasteiger charge is -2.37. The zero-order valence-corrected chi connectivity index (χ0v) is 23.5. The summed E-state index contributed by atoms with van der Waals surface area (Å²) in [5.41, 5.74) is 4.07. The highest BCUT2D eigenvalue weighted by Gasteiger charge is 2.34. The van der Waals surface area contributed by atoms with Gasteiger partial charge >= 0.3 is 6.03 Å². The second-order valence-corrected chi connectivity index (χ2v) is 12.2. The lowest BCUT2D eigenvalue weighted by molar-refractivity contribution is -0.131. The number of nitrogens with one attached hydrogen (secondary N) is 1. The summed E-state index contributed by atoms with van der Waals surface area (Å²) in [5, 5.41) is 4.03. The summed E-state index contributed by atoms with van der Waals surface area (Å²) >= 11 is 7.88. The van der Waals surface area contributed by atoms with Crippen molar-refractivity contribution in [1.29, 1.82) is 0 Å². The van der Waals surface area contributed by atoms with E-state index in [0.29, 0.717) is 27.5 Å². The molecule has 2 fully saturated rings. The number of carbonyl (C=O) groups excluding carboxylic acids is 2. The van der Waals surface area contributed by atoms with Gasteiger partial charge in [0.15, 0.2) is 0 Å². The van der Waals surface area contributed by atoms with Crippen molar-refractivity contribution in [3.8, 4) is 11.3 Å². The van der Waals surface area contributed by atoms with Crippen LogP contribution in [0.15, 0.2) is 24.5 Å². The molecule has 1 aromatic carbocycles. The molecule has 208 valence electrons. The Morgan fingerprint density at radius 3 is 2.79 bits per heavy atom. The van der Waals surface area contributed by atoms with Gasteiger partial charge in [-0.25, -0.2) is 23.5 Å². The van der Waals surface area contributed by atoms with Crippen molar-refractivity contribution in [2.45, 2.75) is 58.3 Å². The van der Waals surface area contributed by atoms with Gasteiger partial charge in [0.2, 0.25) is 5.91 Å². The third kappa shape index (κ3) is 6.06. The number of aryl methyl sites for hydroxylation is 1. The standard InChI is InChI=1S/C27H30ClF2N5O3S/c1-15-6-16(28)7-20(19(15)8-17-10-31-13-27(2,3)38-17)24-25-21(32-14-33-24)9-18(39-25)11-35-23(36)4-5-34(26(35)37)12-22(29)30/h6-7,9,14,17,22,31H,4-5,8,10-13H2,1-3H3. The number of hydrogen-bond acceptors (Lipinski definition) is 7. The molecule has 39 heavy (non-hydrogen) atoms. The van der Waals surface area contributed by atoms with Crippen LogP contribution in [-0.2, 0) is 22.5 Å². The molecule has 1 N–H and O–H groups in total. The van der Waals surface area contributed by atoms with E-state index in [1.165, 1.54) is 17.7 Å². The fraction of sp³-hybridized carbons (Fsp3) is 0.481. The van der Waals surface area contributed by atoms with Gasteiger partial charge in [-0.1, -0.05) is 11.6 Å². The number of ether oxygens (including phenoxy) is 1. The van der Waals surface area contributed by atoms with Gasteiger partial charge in [0.1, 0.15) is 6.33 Å². The highest BCUT2D eigenvalue weighted by atomic mass is 35.5. The van der Waals surface area contributed by atoms with Gasteiger partial charge in [-0.05, 0) is 50.1 Å². The number of benzene rings is 1. The molecule has 0 saturated carbocycles. The molecule has 3 amide bonds. The third-order valence-corrected chi connectivity index (χ3v) is 8.30. The van der Waals surface area contributed by atoms with Crippen LogP contribution in [0, 0.1) is 6.92 Å². The van der Waals surface area contributed by atoms with E-state index in [1.807, 2.05) is 25.1 Å². The molecule has 3 aromatic rings. The van der Waals surface area contributed by atoms with Crippen molar-refractivity contribution in [2.24, 2.45) is 0 Å². The summed E-state index contributed by atoms with van der Waals surface area (Å²) in [7, 11) is 0. The second kappa shape index (κ2) is 11.0. The van der Waals surface area contributed by atoms with E-state index in [-0.39, 0.29) is 37.1 Å². The number of imide groups is 1. The maximum Gasteiger partial charge on any atom is 0.327 e. The Labute approximate surface area is 234 Å². The molecule has 8 nitrogen and oxygen atoms in total. The van der Waals surface area contributed by atoms with E-state index in [0.717, 1.165) is 44.3 Å². The quantitative estimate of drug-likeness (QED) is 0.423. The number of hydrogen-bond donors (Lipinski definition) is 1. The summed E-state index contributed by atoms with van der Waals surface area (Å²) in [6, 6.07) is 4.93. The van der Waals surface area contributed by atoms with Gasteiger partial charge in [-0.15, -0.1) is 11.3 Å². The molecule has 0 aliphatic carbocycles. The number of urea groups is 1. The molecule has 0 radical (unpaired) electrons. The van der Waals surface area contributed by atoms with E-state index in [4.69, 9.17) is 16.3 Å². The molecular formula is C27H30ClF2N5O3S. The molecule has 4 heterocycles. The van der Waals surface area contributed by atoms with Crippen LogP contribution < -0.4 is 5.32 Å². The first-order valence-electron chi connectivity index (χ1n) is 12.8. The molecule has 2 aliphatic heterocycles. The Hall–Kier alpha value is -2.73. The molecule has 1 unspecified atom stereocenters. The van der Waals surface area contributed by atoms with Crippen molar-refractivity contribution < 1.29 is 23.1 Å². The molecule has 5 rings (SSSR count). The van der Waals surface area contributed by atoms with Gasteiger partial charge in [0, 0.05) is 47.9 Å². The Morgan fingerprint density at radius 2 is 2.05 bits per heavy atom. The zero-order valence-electron chi connectivity index (χ0n) is 22.0. The first-order valence-corrected chi connectivity index (χ1v) is 14.0. The summed E-state index contributed by atoms with van der Waals surface area (Å²) in [6.45, 7) is 6.93. The highest BCUT2D eigenvalue weighted by Crippen LogP contribution is 2.38. The van der Waals surface area contributed by atoms with Crippen LogP contribution in [0.5, 0.6) is 0 Å². The topological polar surface area (TPSA) is 87.7 Å². The number of rotatable bonds is 7. The maximum atomic E-state index is 12.9. The van der Waals surface area contributed by atoms with Gasteiger partial charge in [0.05, 0.1) is 40.7 Å². The molecular weight excluding hydrogens is 548 g/mol. The van der Waals surface area contributed by atoms with E-state index in [2.05, 4.69) is 29.1 Å². The van der Waals surface area contributed by atoms with Crippen molar-refractivity contribution in [2.75, 3.05) is 26.2 Å². The molecule has 1 atom stereocenters. The Bertz CT molecular complexity index is 1420. The first kappa shape index (κ1) is 27.8. The minimum Gasteiger partial charge on any atom is -0.369 e. The van der Waals surface area contributed by atoms with Crippen LogP contribution in [0.4, 0.5) is 13.6 Å². The number of nitrogens with zero attached hydrogens (tertiary/aromatic N) is 4. The maximum absolute atomic E-state index is 12.9. The number of amides is 3. The van der Waals surface area contributed by atoms with Gasteiger partial charge in [-0.3, -0.25) is 9.69 Å². The minimum absolute atomic E-state index is 0.00511. The fourth-order valence-electron chi connectivity index (χ4n) is 5.23. The predicted molar refractivity (Wildman–Crippen MR) is 146 cm³/mol. The smallest absolute Gasteiger partial charge is 0.327 e. The van der Waals surface area contributed by atoms with E-state index in [9.17, 15) is 18.4 Å². The summed E-state index contributed by atoms with van der Waals surface area (Å²) in [4.78, 5) is 37.1. The van der Waals surface area contributed by atoms with E-state index < -0.39 is 19.0 Å². The molecule has 0 bridgehead atoms. The average Bonchev–Trinajstić information content (AvgIpc) is 3.27. The van der Waals surface area contributed by atoms with Gasteiger partial charge in [-0.2, -0.15) is 0 Å². The summed E-state index contributed by atoms with van der Waals surface area (Å²) in [6.07, 6.45) is -0.542. The number of halogens is 3.